The Morgan fingerprint density at radius 3 is 2.11 bits per heavy atom. The third-order valence-corrected chi connectivity index (χ3v) is 3.20. The van der Waals surface area contributed by atoms with Crippen LogP contribution in [-0.4, -0.2) is 34.4 Å². The number of ether oxygens (including phenoxy) is 3. The van der Waals surface area contributed by atoms with Gasteiger partial charge in [0.15, 0.2) is 11.5 Å². The summed E-state index contributed by atoms with van der Waals surface area (Å²) in [5.41, 5.74) is 6.59. The topological polar surface area (TPSA) is 65.7 Å². The van der Waals surface area contributed by atoms with Crippen molar-refractivity contribution in [3.63, 3.8) is 0 Å². The van der Waals surface area contributed by atoms with E-state index in [-0.39, 0.29) is 0 Å². The summed E-state index contributed by atoms with van der Waals surface area (Å²) < 4.78 is 15.9. The molecule has 0 aliphatic rings. The van der Waals surface area contributed by atoms with Crippen LogP contribution in [0.5, 0.6) is 17.2 Å². The van der Waals surface area contributed by atoms with Crippen molar-refractivity contribution in [2.45, 2.75) is 13.3 Å². The summed E-state index contributed by atoms with van der Waals surface area (Å²) >= 11 is 0. The van der Waals surface area contributed by atoms with Gasteiger partial charge < -0.3 is 25.3 Å². The van der Waals surface area contributed by atoms with Crippen LogP contribution in [0, 0.1) is 5.92 Å². The Morgan fingerprint density at radius 2 is 1.63 bits per heavy atom. The second-order valence-electron chi connectivity index (χ2n) is 4.30. The molecule has 1 aromatic carbocycles. The predicted molar refractivity (Wildman–Crippen MR) is 77.4 cm³/mol. The molecule has 1 unspecified atom stereocenters. The molecule has 0 bridgehead atoms. The standard InChI is InChI=1S/C14H24N2O3/c1-5-10(8-15)9-16-11-6-13(18-3)14(19-4)7-12(11)17-2/h6-7,10,16H,5,8-9,15H2,1-4H3. The molecular weight excluding hydrogens is 244 g/mol. The highest BCUT2D eigenvalue weighted by molar-refractivity contribution is 5.64. The summed E-state index contributed by atoms with van der Waals surface area (Å²) in [7, 11) is 4.85. The number of nitrogens with one attached hydrogen (secondary N) is 1. The van der Waals surface area contributed by atoms with Gasteiger partial charge in [-0.1, -0.05) is 13.3 Å². The molecule has 3 N–H and O–H groups in total. The van der Waals surface area contributed by atoms with Crippen LogP contribution in [0.3, 0.4) is 0 Å². The molecule has 0 spiro atoms. The van der Waals surface area contributed by atoms with Crippen LogP contribution >= 0.6 is 0 Å². The van der Waals surface area contributed by atoms with Crippen molar-refractivity contribution in [3.8, 4) is 17.2 Å². The molecule has 0 aromatic heterocycles. The van der Waals surface area contributed by atoms with Crippen LogP contribution in [0.1, 0.15) is 13.3 Å². The third kappa shape index (κ3) is 3.92. The van der Waals surface area contributed by atoms with Crippen LogP contribution < -0.4 is 25.3 Å². The second-order valence-corrected chi connectivity index (χ2v) is 4.30. The summed E-state index contributed by atoms with van der Waals surface area (Å²) in [6.45, 7) is 3.60. The molecule has 0 saturated carbocycles. The minimum atomic E-state index is 0.442. The first kappa shape index (κ1) is 15.4. The fourth-order valence-electron chi connectivity index (χ4n) is 1.82. The first-order valence-corrected chi connectivity index (χ1v) is 6.44. The number of rotatable bonds is 8. The Balaban J connectivity index is 2.92. The van der Waals surface area contributed by atoms with Crippen molar-refractivity contribution in [1.29, 1.82) is 0 Å². The van der Waals surface area contributed by atoms with Gasteiger partial charge in [0.1, 0.15) is 5.75 Å². The molecule has 5 nitrogen and oxygen atoms in total. The maximum Gasteiger partial charge on any atom is 0.164 e. The molecule has 1 atom stereocenters. The van der Waals surface area contributed by atoms with E-state index in [2.05, 4.69) is 12.2 Å². The average molecular weight is 268 g/mol. The zero-order valence-corrected chi connectivity index (χ0v) is 12.2. The van der Waals surface area contributed by atoms with Crippen molar-refractivity contribution in [2.24, 2.45) is 11.7 Å². The summed E-state index contributed by atoms with van der Waals surface area (Å²) in [6.07, 6.45) is 1.04. The van der Waals surface area contributed by atoms with Crippen molar-refractivity contribution >= 4 is 5.69 Å². The van der Waals surface area contributed by atoms with E-state index in [1.54, 1.807) is 21.3 Å². The average Bonchev–Trinajstić information content (AvgIpc) is 2.47. The Labute approximate surface area is 115 Å². The van der Waals surface area contributed by atoms with E-state index in [0.717, 1.165) is 24.4 Å². The highest BCUT2D eigenvalue weighted by atomic mass is 16.5. The van der Waals surface area contributed by atoms with E-state index in [1.807, 2.05) is 12.1 Å². The number of hydrogen-bond donors (Lipinski definition) is 2. The van der Waals surface area contributed by atoms with Crippen LogP contribution in [0.2, 0.25) is 0 Å². The highest BCUT2D eigenvalue weighted by Crippen LogP contribution is 2.37. The van der Waals surface area contributed by atoms with Gasteiger partial charge in [0.05, 0.1) is 27.0 Å². The minimum absolute atomic E-state index is 0.442. The molecular formula is C14H24N2O3. The van der Waals surface area contributed by atoms with Gasteiger partial charge in [0.2, 0.25) is 0 Å². The maximum absolute atomic E-state index is 5.70. The van der Waals surface area contributed by atoms with E-state index in [4.69, 9.17) is 19.9 Å². The quantitative estimate of drug-likeness (QED) is 0.756. The molecule has 0 saturated heterocycles. The van der Waals surface area contributed by atoms with Crippen molar-refractivity contribution in [2.75, 3.05) is 39.7 Å². The van der Waals surface area contributed by atoms with Crippen LogP contribution in [0.4, 0.5) is 5.69 Å². The lowest BCUT2D eigenvalue weighted by atomic mass is 10.1. The van der Waals surface area contributed by atoms with Gasteiger partial charge in [-0.05, 0) is 12.5 Å². The van der Waals surface area contributed by atoms with E-state index in [1.165, 1.54) is 0 Å². The van der Waals surface area contributed by atoms with Crippen LogP contribution in [0.15, 0.2) is 12.1 Å². The predicted octanol–water partition coefficient (Wildman–Crippen LogP) is 2.11. The molecule has 108 valence electrons. The van der Waals surface area contributed by atoms with Crippen molar-refractivity contribution in [3.05, 3.63) is 12.1 Å². The Hall–Kier alpha value is -1.62. The number of methoxy groups -OCH3 is 3. The van der Waals surface area contributed by atoms with Crippen LogP contribution in [0.25, 0.3) is 0 Å². The fraction of sp³-hybridized carbons (Fsp3) is 0.571. The summed E-state index contributed by atoms with van der Waals surface area (Å²) in [5.74, 6) is 2.49. The monoisotopic (exact) mass is 268 g/mol. The minimum Gasteiger partial charge on any atom is -0.494 e. The first-order valence-electron chi connectivity index (χ1n) is 6.44. The Bertz CT molecular complexity index is 393. The van der Waals surface area contributed by atoms with E-state index >= 15 is 0 Å². The second kappa shape index (κ2) is 7.74. The fourth-order valence-corrected chi connectivity index (χ4v) is 1.82. The lowest BCUT2D eigenvalue weighted by Crippen LogP contribution is -2.22. The van der Waals surface area contributed by atoms with Gasteiger partial charge in [-0.3, -0.25) is 0 Å². The SMILES string of the molecule is CCC(CN)CNc1cc(OC)c(OC)cc1OC. The zero-order valence-electron chi connectivity index (χ0n) is 12.2. The maximum atomic E-state index is 5.70. The van der Waals surface area contributed by atoms with Crippen molar-refractivity contribution in [1.82, 2.24) is 0 Å². The Morgan fingerprint density at radius 1 is 1.05 bits per heavy atom. The van der Waals surface area contributed by atoms with Crippen LogP contribution in [-0.2, 0) is 0 Å². The molecule has 0 aliphatic carbocycles. The van der Waals surface area contributed by atoms with E-state index in [9.17, 15) is 0 Å². The van der Waals surface area contributed by atoms with Gasteiger partial charge in [-0.2, -0.15) is 0 Å². The summed E-state index contributed by atoms with van der Waals surface area (Å²) in [4.78, 5) is 0. The largest absolute Gasteiger partial charge is 0.494 e. The third-order valence-electron chi connectivity index (χ3n) is 3.20. The van der Waals surface area contributed by atoms with E-state index < -0.39 is 0 Å². The van der Waals surface area contributed by atoms with E-state index in [0.29, 0.717) is 24.0 Å². The van der Waals surface area contributed by atoms with Gasteiger partial charge in [-0.15, -0.1) is 0 Å². The van der Waals surface area contributed by atoms with Gasteiger partial charge in [-0.25, -0.2) is 0 Å². The zero-order chi connectivity index (χ0) is 14.3. The highest BCUT2D eigenvalue weighted by Gasteiger charge is 2.12. The molecule has 1 aromatic rings. The molecule has 1 rings (SSSR count). The summed E-state index contributed by atoms with van der Waals surface area (Å²) in [5, 5.41) is 3.35. The number of benzene rings is 1. The molecule has 5 heteroatoms. The lowest BCUT2D eigenvalue weighted by molar-refractivity contribution is 0.349. The molecule has 0 radical (unpaired) electrons. The first-order chi connectivity index (χ1) is 9.19. The Kier molecular flexibility index (Phi) is 6.29. The lowest BCUT2D eigenvalue weighted by Gasteiger charge is -2.18. The van der Waals surface area contributed by atoms with Gasteiger partial charge in [0.25, 0.3) is 0 Å². The van der Waals surface area contributed by atoms with Gasteiger partial charge >= 0.3 is 0 Å². The molecule has 0 fully saturated rings. The number of nitrogens with two attached hydrogens (primary N) is 1. The van der Waals surface area contributed by atoms with Gasteiger partial charge in [0, 0.05) is 18.7 Å². The molecule has 19 heavy (non-hydrogen) atoms. The summed E-state index contributed by atoms with van der Waals surface area (Å²) in [6, 6.07) is 3.69. The number of hydrogen-bond acceptors (Lipinski definition) is 5. The molecule has 0 aliphatic heterocycles. The van der Waals surface area contributed by atoms with Crippen molar-refractivity contribution < 1.29 is 14.2 Å². The molecule has 0 heterocycles. The normalized spacial score (nSPS) is 11.8. The molecule has 0 amide bonds. The number of anilines is 1. The smallest absolute Gasteiger partial charge is 0.164 e.